The lowest BCUT2D eigenvalue weighted by molar-refractivity contribution is 0.151. The molecule has 0 bridgehead atoms. The van der Waals surface area contributed by atoms with Gasteiger partial charge < -0.3 is 15.5 Å². The number of urea groups is 2. The Balaban J connectivity index is 1.87. The second kappa shape index (κ2) is 10.2. The van der Waals surface area contributed by atoms with Gasteiger partial charge in [-0.15, -0.1) is 0 Å². The highest BCUT2D eigenvalue weighted by molar-refractivity contribution is 6.06. The zero-order valence-electron chi connectivity index (χ0n) is 18.7. The largest absolute Gasteiger partial charge is 0.396 e. The molecule has 4 amide bonds. The zero-order valence-corrected chi connectivity index (χ0v) is 18.7. The van der Waals surface area contributed by atoms with E-state index in [1.54, 1.807) is 24.3 Å². The molecule has 0 fully saturated rings. The minimum Gasteiger partial charge on any atom is -0.396 e. The van der Waals surface area contributed by atoms with Gasteiger partial charge in [-0.25, -0.2) is 23.3 Å². The van der Waals surface area contributed by atoms with Crippen LogP contribution < -0.4 is 10.2 Å². The predicted molar refractivity (Wildman–Crippen MR) is 122 cm³/mol. The number of aliphatic hydroxyl groups excluding tert-OH is 2. The molecule has 1 unspecified atom stereocenters. The third-order valence-electron chi connectivity index (χ3n) is 6.13. The van der Waals surface area contributed by atoms with Gasteiger partial charge in [0.2, 0.25) is 0 Å². The molecule has 1 aliphatic carbocycles. The summed E-state index contributed by atoms with van der Waals surface area (Å²) in [6.45, 7) is -0.0532. The van der Waals surface area contributed by atoms with Crippen molar-refractivity contribution in [2.75, 3.05) is 18.1 Å². The molecule has 2 aromatic rings. The first kappa shape index (κ1) is 24.3. The number of carbonyl (C=O) groups is 2. The minimum absolute atomic E-state index is 0.106. The van der Waals surface area contributed by atoms with Gasteiger partial charge in [0.15, 0.2) is 0 Å². The molecule has 0 saturated carbocycles. The molecule has 2 aromatic carbocycles. The number of nitrogens with one attached hydrogen (secondary N) is 1. The van der Waals surface area contributed by atoms with Crippen LogP contribution >= 0.6 is 0 Å². The van der Waals surface area contributed by atoms with E-state index in [1.165, 1.54) is 29.2 Å². The Labute approximate surface area is 200 Å². The number of allylic oxidation sites excluding steroid dienone is 1. The molecular formula is C25H24F2N4O4. The molecule has 0 saturated heterocycles. The van der Waals surface area contributed by atoms with Crippen LogP contribution in [0.2, 0.25) is 0 Å². The van der Waals surface area contributed by atoms with E-state index in [0.29, 0.717) is 35.2 Å². The van der Waals surface area contributed by atoms with E-state index in [9.17, 15) is 23.5 Å². The molecule has 8 nitrogen and oxygen atoms in total. The fourth-order valence-electron chi connectivity index (χ4n) is 4.52. The van der Waals surface area contributed by atoms with Gasteiger partial charge in [0.05, 0.1) is 29.5 Å². The average Bonchev–Trinajstić information content (AvgIpc) is 3.24. The number of halogens is 2. The van der Waals surface area contributed by atoms with Gasteiger partial charge in [-0.3, -0.25) is 4.90 Å². The summed E-state index contributed by atoms with van der Waals surface area (Å²) >= 11 is 0. The van der Waals surface area contributed by atoms with Crippen molar-refractivity contribution in [2.45, 2.75) is 37.8 Å². The van der Waals surface area contributed by atoms with Crippen LogP contribution in [0.3, 0.4) is 0 Å². The van der Waals surface area contributed by atoms with E-state index in [1.807, 2.05) is 6.07 Å². The van der Waals surface area contributed by atoms with Gasteiger partial charge in [0, 0.05) is 30.0 Å². The quantitative estimate of drug-likeness (QED) is 0.539. The lowest BCUT2D eigenvalue weighted by Gasteiger charge is -2.42. The van der Waals surface area contributed by atoms with Crippen LogP contribution in [0.1, 0.15) is 48.4 Å². The van der Waals surface area contributed by atoms with Gasteiger partial charge in [0.1, 0.15) is 0 Å². The van der Waals surface area contributed by atoms with E-state index in [2.05, 4.69) is 5.32 Å². The Morgan fingerprint density at radius 2 is 1.97 bits per heavy atom. The van der Waals surface area contributed by atoms with Crippen LogP contribution in [0, 0.1) is 11.3 Å². The molecule has 2 atom stereocenters. The highest BCUT2D eigenvalue weighted by atomic mass is 19.3. The van der Waals surface area contributed by atoms with Gasteiger partial charge in [-0.1, -0.05) is 24.3 Å². The Kier molecular flexibility index (Phi) is 7.10. The summed E-state index contributed by atoms with van der Waals surface area (Å²) in [6, 6.07) is 11.3. The first-order valence-corrected chi connectivity index (χ1v) is 11.2. The summed E-state index contributed by atoms with van der Waals surface area (Å²) < 4.78 is 26.8. The standard InChI is InChI=1S/C25H24F2N4O4/c26-23(27)17-3-1-4-18(13-17)30-19-9-10-20(33)21(19)22(16-7-5-15(14-28)6-8-16)31(25(30)35)24(34)29-11-2-12-32/h1,3-8,13,20,22-23,32-33H,2,9-12H2,(H,29,34)/t20?,22-/m1/s1. The Morgan fingerprint density at radius 1 is 1.23 bits per heavy atom. The number of alkyl halides is 2. The number of hydrogen-bond donors (Lipinski definition) is 3. The molecule has 1 heterocycles. The summed E-state index contributed by atoms with van der Waals surface area (Å²) in [5, 5.41) is 31.7. The van der Waals surface area contributed by atoms with Crippen LogP contribution in [0.4, 0.5) is 24.1 Å². The Bertz CT molecular complexity index is 1190. The van der Waals surface area contributed by atoms with Crippen LogP contribution in [0.15, 0.2) is 59.8 Å². The first-order valence-electron chi connectivity index (χ1n) is 11.2. The number of nitriles is 1. The smallest absolute Gasteiger partial charge is 0.337 e. The van der Waals surface area contributed by atoms with E-state index in [0.717, 1.165) is 4.90 Å². The minimum atomic E-state index is -2.75. The number of nitrogens with zero attached hydrogens (tertiary/aromatic N) is 3. The maximum absolute atomic E-state index is 13.8. The van der Waals surface area contributed by atoms with Crippen LogP contribution in [0.5, 0.6) is 0 Å². The van der Waals surface area contributed by atoms with Crippen LogP contribution in [0.25, 0.3) is 0 Å². The topological polar surface area (TPSA) is 117 Å². The van der Waals surface area contributed by atoms with Crippen LogP contribution in [-0.4, -0.2) is 46.4 Å². The molecule has 0 aromatic heterocycles. The lowest BCUT2D eigenvalue weighted by Crippen LogP contribution is -2.55. The second-order valence-corrected chi connectivity index (χ2v) is 8.29. The fraction of sp³-hybridized carbons (Fsp3) is 0.320. The van der Waals surface area contributed by atoms with Gasteiger partial charge in [-0.2, -0.15) is 5.26 Å². The molecule has 182 valence electrons. The highest BCUT2D eigenvalue weighted by Crippen LogP contribution is 2.46. The molecule has 4 rings (SSSR count). The Morgan fingerprint density at radius 3 is 2.63 bits per heavy atom. The SMILES string of the molecule is N#Cc1ccc([C@@H]2C3=C(CCC3O)N(c3cccc(C(F)F)c3)C(=O)N2C(=O)NCCCO)cc1. The van der Waals surface area contributed by atoms with Crippen molar-refractivity contribution in [1.29, 1.82) is 5.26 Å². The summed E-state index contributed by atoms with van der Waals surface area (Å²) in [4.78, 5) is 29.2. The maximum Gasteiger partial charge on any atom is 0.337 e. The molecule has 10 heteroatoms. The maximum atomic E-state index is 13.8. The summed E-state index contributed by atoms with van der Waals surface area (Å²) in [6.07, 6.45) is -2.83. The highest BCUT2D eigenvalue weighted by Gasteiger charge is 2.48. The number of imide groups is 1. The molecular weight excluding hydrogens is 458 g/mol. The van der Waals surface area contributed by atoms with Crippen molar-refractivity contribution in [3.63, 3.8) is 0 Å². The third-order valence-corrected chi connectivity index (χ3v) is 6.13. The normalized spacial score (nSPS) is 19.7. The lowest BCUT2D eigenvalue weighted by atomic mass is 9.92. The van der Waals surface area contributed by atoms with Gasteiger partial charge in [-0.05, 0) is 49.1 Å². The van der Waals surface area contributed by atoms with Crippen molar-refractivity contribution in [3.8, 4) is 6.07 Å². The second-order valence-electron chi connectivity index (χ2n) is 8.29. The molecule has 3 N–H and O–H groups in total. The number of hydrogen-bond acceptors (Lipinski definition) is 5. The monoisotopic (exact) mass is 482 g/mol. The summed E-state index contributed by atoms with van der Waals surface area (Å²) in [7, 11) is 0. The number of amides is 4. The summed E-state index contributed by atoms with van der Waals surface area (Å²) in [5.41, 5.74) is 1.69. The van der Waals surface area contributed by atoms with E-state index >= 15 is 0 Å². The number of rotatable bonds is 6. The van der Waals surface area contributed by atoms with E-state index in [4.69, 9.17) is 10.4 Å². The van der Waals surface area contributed by atoms with Crippen LogP contribution in [-0.2, 0) is 0 Å². The molecule has 1 aliphatic heterocycles. The number of aliphatic hydroxyl groups is 2. The zero-order chi connectivity index (χ0) is 25.1. The van der Waals surface area contributed by atoms with Crippen molar-refractivity contribution < 1.29 is 28.6 Å². The van der Waals surface area contributed by atoms with Gasteiger partial charge in [0.25, 0.3) is 6.43 Å². The van der Waals surface area contributed by atoms with Gasteiger partial charge >= 0.3 is 12.1 Å². The van der Waals surface area contributed by atoms with E-state index in [-0.39, 0.29) is 30.8 Å². The fourth-order valence-corrected chi connectivity index (χ4v) is 4.52. The third kappa shape index (κ3) is 4.60. The number of anilines is 1. The van der Waals surface area contributed by atoms with Crippen molar-refractivity contribution >= 4 is 17.7 Å². The average molecular weight is 482 g/mol. The first-order chi connectivity index (χ1) is 16.9. The van der Waals surface area contributed by atoms with Crippen molar-refractivity contribution in [2.24, 2.45) is 0 Å². The molecule has 0 spiro atoms. The predicted octanol–water partition coefficient (Wildman–Crippen LogP) is 3.98. The molecule has 2 aliphatic rings. The summed E-state index contributed by atoms with van der Waals surface area (Å²) in [5.74, 6) is 0. The van der Waals surface area contributed by atoms with Crippen molar-refractivity contribution in [3.05, 3.63) is 76.5 Å². The number of carbonyl (C=O) groups excluding carboxylic acids is 2. The number of benzene rings is 2. The van der Waals surface area contributed by atoms with E-state index < -0.39 is 30.6 Å². The Hall–Kier alpha value is -3.81. The molecule has 0 radical (unpaired) electrons. The molecule has 35 heavy (non-hydrogen) atoms. The van der Waals surface area contributed by atoms with Crippen molar-refractivity contribution in [1.82, 2.24) is 10.2 Å².